The molecule has 0 aliphatic heterocycles. The van der Waals surface area contributed by atoms with Crippen molar-refractivity contribution in [1.82, 2.24) is 0 Å². The molecule has 3 N–H and O–H groups in total. The van der Waals surface area contributed by atoms with Crippen molar-refractivity contribution in [1.29, 1.82) is 0 Å². The van der Waals surface area contributed by atoms with Gasteiger partial charge in [0.25, 0.3) is 0 Å². The van der Waals surface area contributed by atoms with Crippen LogP contribution in [0.2, 0.25) is 0 Å². The van der Waals surface area contributed by atoms with Gasteiger partial charge in [0.15, 0.2) is 12.2 Å². The zero-order valence-electron chi connectivity index (χ0n) is 60.2. The smallest absolute Gasteiger partial charge is 0.462 e. The standard InChI is InChI=1S/C75H140O17P2/c1-5-9-13-17-21-25-29-32-34-37-41-44-48-52-56-60-73(78)86-66-71(92-75(80)62-58-54-50-46-42-38-35-33-30-26-22-18-14-10-6-2)68-90-94(83,84)88-64-69(76)63-87-93(81,82)89-67-70(91-74(79)61-57-53-49-45-39-28-24-20-16-12-8-4)65-85-72(77)59-55-51-47-43-40-36-31-27-23-19-15-11-7-3/h21,25,27,31-32,34,69-71,76H,5-20,22-24,26,28-30,33,35-68H2,1-4H3,(H,81,82)(H,83,84)/b25-21-,31-27-,34-32-. The molecule has 0 radical (unpaired) electrons. The maximum Gasteiger partial charge on any atom is 0.472 e. The summed E-state index contributed by atoms with van der Waals surface area (Å²) in [6.07, 6.45) is 62.7. The number of carbonyl (C=O) groups is 4. The molecule has 0 fully saturated rings. The fraction of sp³-hybridized carbons (Fsp3) is 0.867. The summed E-state index contributed by atoms with van der Waals surface area (Å²) in [5.41, 5.74) is 0. The van der Waals surface area contributed by atoms with Crippen LogP contribution in [0, 0.1) is 0 Å². The summed E-state index contributed by atoms with van der Waals surface area (Å²) in [5.74, 6) is -2.16. The molecule has 0 aliphatic rings. The molecule has 0 bridgehead atoms. The first-order valence-electron chi connectivity index (χ1n) is 38.2. The van der Waals surface area contributed by atoms with Crippen LogP contribution in [0.3, 0.4) is 0 Å². The molecule has 94 heavy (non-hydrogen) atoms. The number of carbonyl (C=O) groups excluding carboxylic acids is 4. The highest BCUT2D eigenvalue weighted by Gasteiger charge is 2.30. The Morgan fingerprint density at radius 2 is 0.521 bits per heavy atom. The van der Waals surface area contributed by atoms with E-state index in [-0.39, 0.29) is 25.7 Å². The maximum absolute atomic E-state index is 13.1. The lowest BCUT2D eigenvalue weighted by atomic mass is 10.0. The Hall–Kier alpha value is -2.72. The number of hydrogen-bond acceptors (Lipinski definition) is 15. The maximum atomic E-state index is 13.1. The topological polar surface area (TPSA) is 237 Å². The molecule has 5 atom stereocenters. The third kappa shape index (κ3) is 67.8. The second-order valence-corrected chi connectivity index (χ2v) is 28.9. The summed E-state index contributed by atoms with van der Waals surface area (Å²) in [7, 11) is -9.92. The second kappa shape index (κ2) is 68.8. The van der Waals surface area contributed by atoms with Gasteiger partial charge in [-0.3, -0.25) is 37.3 Å². The number of hydrogen-bond donors (Lipinski definition) is 3. The van der Waals surface area contributed by atoms with Gasteiger partial charge in [0.05, 0.1) is 26.4 Å². The van der Waals surface area contributed by atoms with Crippen molar-refractivity contribution < 1.29 is 80.2 Å². The number of aliphatic hydroxyl groups is 1. The highest BCUT2D eigenvalue weighted by Crippen LogP contribution is 2.45. The summed E-state index contributed by atoms with van der Waals surface area (Å²) < 4.78 is 68.4. The molecule has 0 aromatic rings. The van der Waals surface area contributed by atoms with Gasteiger partial charge in [0, 0.05) is 25.7 Å². The summed E-state index contributed by atoms with van der Waals surface area (Å²) in [5, 5.41) is 10.6. The molecular formula is C75H140O17P2. The number of phosphoric ester groups is 2. The molecule has 0 amide bonds. The summed E-state index contributed by atoms with van der Waals surface area (Å²) in [6, 6.07) is 0. The van der Waals surface area contributed by atoms with Crippen LogP contribution in [0.15, 0.2) is 36.5 Å². The van der Waals surface area contributed by atoms with Gasteiger partial charge >= 0.3 is 39.5 Å². The van der Waals surface area contributed by atoms with Crippen LogP contribution in [0.4, 0.5) is 0 Å². The van der Waals surface area contributed by atoms with Gasteiger partial charge in [-0.25, -0.2) is 9.13 Å². The van der Waals surface area contributed by atoms with Crippen LogP contribution in [-0.2, 0) is 65.4 Å². The van der Waals surface area contributed by atoms with Crippen molar-refractivity contribution in [3.05, 3.63) is 36.5 Å². The minimum Gasteiger partial charge on any atom is -0.462 e. The zero-order valence-corrected chi connectivity index (χ0v) is 61.9. The predicted octanol–water partition coefficient (Wildman–Crippen LogP) is 21.6. The van der Waals surface area contributed by atoms with E-state index < -0.39 is 97.5 Å². The normalized spacial score (nSPS) is 14.2. The van der Waals surface area contributed by atoms with Crippen molar-refractivity contribution in [3.8, 4) is 0 Å². The zero-order chi connectivity index (χ0) is 69.0. The molecule has 5 unspecified atom stereocenters. The fourth-order valence-corrected chi connectivity index (χ4v) is 12.3. The minimum absolute atomic E-state index is 0.101. The first-order valence-corrected chi connectivity index (χ1v) is 41.2. The third-order valence-electron chi connectivity index (χ3n) is 16.6. The van der Waals surface area contributed by atoms with Gasteiger partial charge in [0.1, 0.15) is 19.3 Å². The Kier molecular flexibility index (Phi) is 66.8. The lowest BCUT2D eigenvalue weighted by Crippen LogP contribution is -2.30. The van der Waals surface area contributed by atoms with Crippen LogP contribution in [0.1, 0.15) is 362 Å². The summed E-state index contributed by atoms with van der Waals surface area (Å²) in [4.78, 5) is 72.7. The van der Waals surface area contributed by atoms with Gasteiger partial charge in [-0.2, -0.15) is 0 Å². The monoisotopic (exact) mass is 1370 g/mol. The molecule has 19 heteroatoms. The molecule has 0 rings (SSSR count). The Morgan fingerprint density at radius 1 is 0.298 bits per heavy atom. The molecule has 0 heterocycles. The Morgan fingerprint density at radius 3 is 0.830 bits per heavy atom. The van der Waals surface area contributed by atoms with Crippen LogP contribution in [-0.4, -0.2) is 96.7 Å². The van der Waals surface area contributed by atoms with Gasteiger partial charge < -0.3 is 33.8 Å². The lowest BCUT2D eigenvalue weighted by molar-refractivity contribution is -0.161. The van der Waals surface area contributed by atoms with E-state index in [9.17, 15) is 43.2 Å². The average molecular weight is 1380 g/mol. The molecular weight excluding hydrogens is 1230 g/mol. The van der Waals surface area contributed by atoms with E-state index >= 15 is 0 Å². The van der Waals surface area contributed by atoms with E-state index in [1.165, 1.54) is 148 Å². The summed E-state index contributed by atoms with van der Waals surface area (Å²) >= 11 is 0. The number of allylic oxidation sites excluding steroid dienone is 6. The Labute approximate surface area is 573 Å². The molecule has 0 aromatic heterocycles. The van der Waals surface area contributed by atoms with Crippen molar-refractivity contribution >= 4 is 39.5 Å². The predicted molar refractivity (Wildman–Crippen MR) is 381 cm³/mol. The van der Waals surface area contributed by atoms with Crippen molar-refractivity contribution in [2.24, 2.45) is 0 Å². The SMILES string of the molecule is CCCCC/C=C\C/C=C\CCCCCCCC(=O)OCC(COP(=O)(O)OCC(O)COP(=O)(O)OCC(COC(=O)CCCCCCC/C=C\CCCCCC)OC(=O)CCCCCCCCCCCCC)OC(=O)CCCCCCCCCCCCCCCCC. The van der Waals surface area contributed by atoms with Crippen LogP contribution in [0.5, 0.6) is 0 Å². The number of ether oxygens (including phenoxy) is 4. The third-order valence-corrected chi connectivity index (χ3v) is 18.5. The first kappa shape index (κ1) is 91.3. The number of unbranched alkanes of at least 4 members (excludes halogenated alkanes) is 41. The fourth-order valence-electron chi connectivity index (χ4n) is 10.7. The van der Waals surface area contributed by atoms with Gasteiger partial charge in [-0.1, -0.05) is 289 Å². The Balaban J connectivity index is 5.29. The molecule has 0 spiro atoms. The highest BCUT2D eigenvalue weighted by atomic mass is 31.2. The second-order valence-electron chi connectivity index (χ2n) is 26.0. The largest absolute Gasteiger partial charge is 0.472 e. The quantitative estimate of drug-likeness (QED) is 0.0169. The lowest BCUT2D eigenvalue weighted by Gasteiger charge is -2.21. The first-order chi connectivity index (χ1) is 45.7. The van der Waals surface area contributed by atoms with E-state index in [2.05, 4.69) is 64.2 Å². The molecule has 0 aromatic carbocycles. The van der Waals surface area contributed by atoms with Gasteiger partial charge in [-0.15, -0.1) is 0 Å². The molecule has 0 aliphatic carbocycles. The summed E-state index contributed by atoms with van der Waals surface area (Å²) in [6.45, 7) is 4.87. The molecule has 0 saturated carbocycles. The number of esters is 4. The van der Waals surface area contributed by atoms with Crippen LogP contribution >= 0.6 is 15.6 Å². The molecule has 0 saturated heterocycles. The van der Waals surface area contributed by atoms with E-state index in [0.29, 0.717) is 25.7 Å². The Bertz CT molecular complexity index is 1930. The number of phosphoric acid groups is 2. The highest BCUT2D eigenvalue weighted by molar-refractivity contribution is 7.47. The van der Waals surface area contributed by atoms with Gasteiger partial charge in [0.2, 0.25) is 0 Å². The van der Waals surface area contributed by atoms with E-state index in [1.807, 2.05) is 0 Å². The van der Waals surface area contributed by atoms with Crippen molar-refractivity contribution in [3.63, 3.8) is 0 Å². The average Bonchev–Trinajstić information content (AvgIpc) is 1.36. The van der Waals surface area contributed by atoms with E-state index in [1.54, 1.807) is 0 Å². The molecule has 17 nitrogen and oxygen atoms in total. The van der Waals surface area contributed by atoms with Gasteiger partial charge in [-0.05, 0) is 83.5 Å². The minimum atomic E-state index is -4.96. The van der Waals surface area contributed by atoms with Crippen LogP contribution < -0.4 is 0 Å². The number of aliphatic hydroxyl groups excluding tert-OH is 1. The van der Waals surface area contributed by atoms with Crippen molar-refractivity contribution in [2.75, 3.05) is 39.6 Å². The molecule has 552 valence electrons. The van der Waals surface area contributed by atoms with Crippen molar-refractivity contribution in [2.45, 2.75) is 380 Å². The van der Waals surface area contributed by atoms with E-state index in [0.717, 1.165) is 135 Å². The van der Waals surface area contributed by atoms with Crippen LogP contribution in [0.25, 0.3) is 0 Å². The number of rotatable bonds is 73. The van der Waals surface area contributed by atoms with E-state index in [4.69, 9.17) is 37.0 Å².